The van der Waals surface area contributed by atoms with E-state index in [0.29, 0.717) is 35.0 Å². The number of hydrogen-bond donors (Lipinski definition) is 2. The standard InChI is InChI=1S/C17H19ClN2O4S/c1-24-16-8-7-14(11-15(16)18)20-17(21)13-5-3-12(4-6-13)9-10-19-25(2,22)23/h3-8,11,19H,9-10H2,1-2H3,(H,20,21). The Morgan fingerprint density at radius 3 is 2.40 bits per heavy atom. The summed E-state index contributed by atoms with van der Waals surface area (Å²) >= 11 is 6.04. The van der Waals surface area contributed by atoms with Crippen LogP contribution in [0.5, 0.6) is 5.75 Å². The Labute approximate surface area is 152 Å². The van der Waals surface area contributed by atoms with Crippen LogP contribution in [0.1, 0.15) is 15.9 Å². The van der Waals surface area contributed by atoms with E-state index in [2.05, 4.69) is 10.0 Å². The average Bonchev–Trinajstić information content (AvgIpc) is 2.54. The highest BCUT2D eigenvalue weighted by Crippen LogP contribution is 2.27. The third-order valence-corrected chi connectivity index (χ3v) is 4.43. The average molecular weight is 383 g/mol. The molecule has 0 atom stereocenters. The van der Waals surface area contributed by atoms with Gasteiger partial charge < -0.3 is 10.1 Å². The Morgan fingerprint density at radius 1 is 1.16 bits per heavy atom. The van der Waals surface area contributed by atoms with Gasteiger partial charge in [0.25, 0.3) is 5.91 Å². The molecule has 0 fully saturated rings. The molecule has 0 bridgehead atoms. The first-order chi connectivity index (χ1) is 11.8. The normalized spacial score (nSPS) is 11.2. The number of ether oxygens (including phenoxy) is 1. The fraction of sp³-hybridized carbons (Fsp3) is 0.235. The van der Waals surface area contributed by atoms with E-state index in [4.69, 9.17) is 16.3 Å². The minimum atomic E-state index is -3.19. The van der Waals surface area contributed by atoms with Crippen LogP contribution in [0, 0.1) is 0 Å². The summed E-state index contributed by atoms with van der Waals surface area (Å²) < 4.78 is 29.5. The number of hydrogen-bond acceptors (Lipinski definition) is 4. The summed E-state index contributed by atoms with van der Waals surface area (Å²) in [6.07, 6.45) is 1.66. The van der Waals surface area contributed by atoms with Crippen LogP contribution in [-0.4, -0.2) is 34.2 Å². The van der Waals surface area contributed by atoms with Crippen molar-refractivity contribution in [2.24, 2.45) is 0 Å². The van der Waals surface area contributed by atoms with Crippen LogP contribution in [0.3, 0.4) is 0 Å². The van der Waals surface area contributed by atoms with E-state index in [-0.39, 0.29) is 5.91 Å². The Bertz CT molecular complexity index is 851. The predicted molar refractivity (Wildman–Crippen MR) is 98.9 cm³/mol. The molecule has 134 valence electrons. The van der Waals surface area contributed by atoms with Crippen molar-refractivity contribution in [2.75, 3.05) is 25.2 Å². The molecule has 0 unspecified atom stereocenters. The van der Waals surface area contributed by atoms with E-state index < -0.39 is 10.0 Å². The van der Waals surface area contributed by atoms with Crippen molar-refractivity contribution in [3.05, 3.63) is 58.6 Å². The van der Waals surface area contributed by atoms with Crippen molar-refractivity contribution in [1.82, 2.24) is 4.72 Å². The lowest BCUT2D eigenvalue weighted by atomic mass is 10.1. The number of methoxy groups -OCH3 is 1. The van der Waals surface area contributed by atoms with Gasteiger partial charge in [-0.1, -0.05) is 23.7 Å². The van der Waals surface area contributed by atoms with E-state index in [1.807, 2.05) is 0 Å². The van der Waals surface area contributed by atoms with E-state index in [9.17, 15) is 13.2 Å². The molecule has 8 heteroatoms. The monoisotopic (exact) mass is 382 g/mol. The predicted octanol–water partition coefficient (Wildman–Crippen LogP) is 2.69. The van der Waals surface area contributed by atoms with Gasteiger partial charge in [-0.3, -0.25) is 4.79 Å². The summed E-state index contributed by atoms with van der Waals surface area (Å²) in [5.74, 6) is 0.272. The van der Waals surface area contributed by atoms with Gasteiger partial charge in [0.2, 0.25) is 10.0 Å². The zero-order chi connectivity index (χ0) is 18.4. The number of carbonyl (C=O) groups is 1. The summed E-state index contributed by atoms with van der Waals surface area (Å²) in [6, 6.07) is 12.0. The van der Waals surface area contributed by atoms with Gasteiger partial charge in [0.1, 0.15) is 5.75 Å². The van der Waals surface area contributed by atoms with Crippen molar-refractivity contribution < 1.29 is 17.9 Å². The van der Waals surface area contributed by atoms with Gasteiger partial charge in [0, 0.05) is 17.8 Å². The molecule has 2 aromatic carbocycles. The molecule has 0 spiro atoms. The van der Waals surface area contributed by atoms with Crippen LogP contribution >= 0.6 is 11.6 Å². The Kier molecular flexibility index (Phi) is 6.41. The van der Waals surface area contributed by atoms with Crippen LogP contribution in [0.25, 0.3) is 0 Å². The summed E-state index contributed by atoms with van der Waals surface area (Å²) in [5, 5.41) is 3.17. The van der Waals surface area contributed by atoms with E-state index in [1.54, 1.807) is 42.5 Å². The molecule has 25 heavy (non-hydrogen) atoms. The third-order valence-electron chi connectivity index (χ3n) is 3.40. The number of amides is 1. The first-order valence-corrected chi connectivity index (χ1v) is 9.74. The molecule has 2 rings (SSSR count). The van der Waals surface area contributed by atoms with Crippen LogP contribution < -0.4 is 14.8 Å². The quantitative estimate of drug-likeness (QED) is 0.771. The van der Waals surface area contributed by atoms with Crippen molar-refractivity contribution >= 4 is 33.2 Å². The van der Waals surface area contributed by atoms with E-state index in [1.165, 1.54) is 7.11 Å². The number of sulfonamides is 1. The minimum absolute atomic E-state index is 0.262. The lowest BCUT2D eigenvalue weighted by Gasteiger charge is -2.09. The maximum absolute atomic E-state index is 12.3. The number of anilines is 1. The van der Waals surface area contributed by atoms with Gasteiger partial charge in [-0.2, -0.15) is 0 Å². The smallest absolute Gasteiger partial charge is 0.255 e. The van der Waals surface area contributed by atoms with Crippen LogP contribution in [-0.2, 0) is 16.4 Å². The number of rotatable bonds is 7. The highest BCUT2D eigenvalue weighted by Gasteiger charge is 2.08. The number of benzene rings is 2. The molecule has 1 amide bonds. The molecule has 0 heterocycles. The molecule has 0 aliphatic heterocycles. The van der Waals surface area contributed by atoms with Gasteiger partial charge in [-0.25, -0.2) is 13.1 Å². The van der Waals surface area contributed by atoms with Crippen molar-refractivity contribution in [3.63, 3.8) is 0 Å². The fourth-order valence-electron chi connectivity index (χ4n) is 2.15. The van der Waals surface area contributed by atoms with Gasteiger partial charge in [0.15, 0.2) is 0 Å². The molecule has 0 aliphatic carbocycles. The van der Waals surface area contributed by atoms with Crippen molar-refractivity contribution in [2.45, 2.75) is 6.42 Å². The summed E-state index contributed by atoms with van der Waals surface area (Å²) in [4.78, 5) is 12.3. The first-order valence-electron chi connectivity index (χ1n) is 7.47. The molecule has 0 saturated heterocycles. The van der Waals surface area contributed by atoms with Crippen LogP contribution in [0.4, 0.5) is 5.69 Å². The lowest BCUT2D eigenvalue weighted by molar-refractivity contribution is 0.102. The molecule has 6 nitrogen and oxygen atoms in total. The van der Waals surface area contributed by atoms with Crippen LogP contribution in [0.2, 0.25) is 5.02 Å². The number of carbonyl (C=O) groups excluding carboxylic acids is 1. The largest absolute Gasteiger partial charge is 0.495 e. The molecule has 2 N–H and O–H groups in total. The third kappa shape index (κ3) is 6.04. The molecule has 2 aromatic rings. The summed E-state index contributed by atoms with van der Waals surface area (Å²) in [6.45, 7) is 0.314. The van der Waals surface area contributed by atoms with Crippen LogP contribution in [0.15, 0.2) is 42.5 Å². The van der Waals surface area contributed by atoms with E-state index in [0.717, 1.165) is 11.8 Å². The molecular formula is C17H19ClN2O4S. The summed E-state index contributed by atoms with van der Waals surface area (Å²) in [7, 11) is -1.67. The van der Waals surface area contributed by atoms with Gasteiger partial charge in [-0.15, -0.1) is 0 Å². The maximum Gasteiger partial charge on any atom is 0.255 e. The second-order valence-electron chi connectivity index (χ2n) is 5.42. The Morgan fingerprint density at radius 2 is 1.84 bits per heavy atom. The van der Waals surface area contributed by atoms with E-state index >= 15 is 0 Å². The van der Waals surface area contributed by atoms with Gasteiger partial charge in [0.05, 0.1) is 18.4 Å². The highest BCUT2D eigenvalue weighted by molar-refractivity contribution is 7.88. The maximum atomic E-state index is 12.3. The zero-order valence-corrected chi connectivity index (χ0v) is 15.4. The molecule has 0 saturated carbocycles. The summed E-state index contributed by atoms with van der Waals surface area (Å²) in [5.41, 5.74) is 1.99. The molecule has 0 aliphatic rings. The molecular weight excluding hydrogens is 364 g/mol. The fourth-order valence-corrected chi connectivity index (χ4v) is 2.88. The topological polar surface area (TPSA) is 84.5 Å². The first kappa shape index (κ1) is 19.2. The SMILES string of the molecule is COc1ccc(NC(=O)c2ccc(CCNS(C)(=O)=O)cc2)cc1Cl. The Balaban J connectivity index is 1.97. The lowest BCUT2D eigenvalue weighted by Crippen LogP contribution is -2.24. The second kappa shape index (κ2) is 8.33. The number of nitrogens with one attached hydrogen (secondary N) is 2. The van der Waals surface area contributed by atoms with Crippen molar-refractivity contribution in [3.8, 4) is 5.75 Å². The number of halogens is 1. The Hall–Kier alpha value is -2.09. The zero-order valence-electron chi connectivity index (χ0n) is 13.9. The second-order valence-corrected chi connectivity index (χ2v) is 7.66. The van der Waals surface area contributed by atoms with Gasteiger partial charge in [-0.05, 0) is 42.3 Å². The molecule has 0 radical (unpaired) electrons. The van der Waals surface area contributed by atoms with Crippen molar-refractivity contribution in [1.29, 1.82) is 0 Å². The van der Waals surface area contributed by atoms with Gasteiger partial charge >= 0.3 is 0 Å². The minimum Gasteiger partial charge on any atom is -0.495 e. The highest BCUT2D eigenvalue weighted by atomic mass is 35.5. The molecule has 0 aromatic heterocycles.